The van der Waals surface area contributed by atoms with Crippen LogP contribution in [0.25, 0.3) is 5.70 Å². The Balaban J connectivity index is 2.39. The van der Waals surface area contributed by atoms with Crippen molar-refractivity contribution in [1.29, 1.82) is 0 Å². The number of aliphatic hydroxyl groups excluding tert-OH is 1. The molecule has 0 aliphatic carbocycles. The topological polar surface area (TPSA) is 109 Å². The molecule has 2 aromatic carbocycles. The number of benzene rings is 2. The Labute approximate surface area is 248 Å². The van der Waals surface area contributed by atoms with Gasteiger partial charge in [0.2, 0.25) is 17.6 Å². The molecule has 3 atom stereocenters. The van der Waals surface area contributed by atoms with Crippen molar-refractivity contribution in [3.8, 4) is 17.2 Å². The van der Waals surface area contributed by atoms with Crippen LogP contribution in [0.4, 0.5) is 13.2 Å². The van der Waals surface area contributed by atoms with Crippen LogP contribution >= 0.6 is 0 Å². The monoisotopic (exact) mass is 607 g/mol. The van der Waals surface area contributed by atoms with Crippen LogP contribution in [0.2, 0.25) is 0 Å². The van der Waals surface area contributed by atoms with Crippen LogP contribution in [-0.4, -0.2) is 83.4 Å². The molecule has 0 bridgehead atoms. The molecule has 0 radical (unpaired) electrons. The predicted molar refractivity (Wildman–Crippen MR) is 151 cm³/mol. The average molecular weight is 608 g/mol. The van der Waals surface area contributed by atoms with E-state index in [-0.39, 0.29) is 28.5 Å². The number of methoxy groups -OCH3 is 3. The van der Waals surface area contributed by atoms with E-state index in [1.807, 2.05) is 0 Å². The van der Waals surface area contributed by atoms with Crippen molar-refractivity contribution in [2.24, 2.45) is 5.92 Å². The predicted octanol–water partition coefficient (Wildman–Crippen LogP) is 4.02. The number of rotatable bonds is 10. The maximum absolute atomic E-state index is 14.3. The number of carbonyl (C=O) groups excluding carboxylic acids is 3. The molecular weight excluding hydrogens is 571 g/mol. The number of hydrogen-bond acceptors (Lipinski definition) is 7. The molecule has 3 unspecified atom stereocenters. The Morgan fingerprint density at radius 1 is 1.00 bits per heavy atom. The Morgan fingerprint density at radius 3 is 1.98 bits per heavy atom. The molecule has 13 heteroatoms. The molecule has 0 fully saturated rings. The van der Waals surface area contributed by atoms with Gasteiger partial charge in [0.15, 0.2) is 17.6 Å². The van der Waals surface area contributed by atoms with E-state index >= 15 is 0 Å². The molecule has 0 aromatic heterocycles. The van der Waals surface area contributed by atoms with E-state index in [9.17, 15) is 32.7 Å². The Hall–Kier alpha value is -4.26. The van der Waals surface area contributed by atoms with Gasteiger partial charge in [-0.15, -0.1) is 0 Å². The van der Waals surface area contributed by atoms with Gasteiger partial charge in [-0.2, -0.15) is 13.2 Å². The van der Waals surface area contributed by atoms with Crippen LogP contribution in [0.15, 0.2) is 48.7 Å². The van der Waals surface area contributed by atoms with Crippen molar-refractivity contribution in [2.75, 3.05) is 21.3 Å². The number of hydrazine groups is 1. The van der Waals surface area contributed by atoms with E-state index in [4.69, 9.17) is 14.2 Å². The third-order valence-electron chi connectivity index (χ3n) is 7.05. The SMILES string of the molecule is COc1cc(C2=CN(C(C)=O)C(C(C)C)C(=O)N2N(C(C)=O)C(Cc2ccccc2)C(O)C(F)(F)F)cc(OC)c1OC. The summed E-state index contributed by atoms with van der Waals surface area (Å²) in [6.07, 6.45) is -7.33. The fraction of sp³-hybridized carbons (Fsp3) is 0.433. The molecule has 1 aliphatic heterocycles. The highest BCUT2D eigenvalue weighted by Gasteiger charge is 2.51. The quantitative estimate of drug-likeness (QED) is 0.435. The third kappa shape index (κ3) is 6.87. The normalized spacial score (nSPS) is 16.9. The smallest absolute Gasteiger partial charge is 0.416 e. The minimum atomic E-state index is -5.15. The lowest BCUT2D eigenvalue weighted by atomic mass is 9.96. The van der Waals surface area contributed by atoms with E-state index in [1.54, 1.807) is 44.2 Å². The zero-order chi connectivity index (χ0) is 32.2. The molecule has 3 rings (SSSR count). The van der Waals surface area contributed by atoms with Crippen LogP contribution in [-0.2, 0) is 20.8 Å². The average Bonchev–Trinajstić information content (AvgIpc) is 2.95. The number of hydrogen-bond donors (Lipinski definition) is 1. The number of aliphatic hydroxyl groups is 1. The van der Waals surface area contributed by atoms with Gasteiger partial charge in [-0.05, 0) is 30.0 Å². The highest BCUT2D eigenvalue weighted by molar-refractivity contribution is 5.98. The molecule has 234 valence electrons. The first-order valence-electron chi connectivity index (χ1n) is 13.4. The second-order valence-corrected chi connectivity index (χ2v) is 10.3. The van der Waals surface area contributed by atoms with Crippen LogP contribution in [0.3, 0.4) is 0 Å². The summed E-state index contributed by atoms with van der Waals surface area (Å²) < 4.78 is 58.7. The van der Waals surface area contributed by atoms with Crippen LogP contribution in [0.1, 0.15) is 38.8 Å². The van der Waals surface area contributed by atoms with E-state index in [0.717, 1.165) is 11.9 Å². The van der Waals surface area contributed by atoms with E-state index in [0.29, 0.717) is 10.6 Å². The molecule has 1 N–H and O–H groups in total. The second kappa shape index (κ2) is 13.4. The number of alkyl halides is 3. The molecule has 10 nitrogen and oxygen atoms in total. The van der Waals surface area contributed by atoms with E-state index < -0.39 is 54.4 Å². The van der Waals surface area contributed by atoms with Gasteiger partial charge in [0.25, 0.3) is 5.91 Å². The third-order valence-corrected chi connectivity index (χ3v) is 7.05. The molecule has 0 spiro atoms. The number of nitrogens with zero attached hydrogens (tertiary/aromatic N) is 3. The molecule has 2 aromatic rings. The van der Waals surface area contributed by atoms with E-state index in [2.05, 4.69) is 0 Å². The van der Waals surface area contributed by atoms with Gasteiger partial charge in [0.1, 0.15) is 6.04 Å². The molecular formula is C30H36F3N3O7. The molecule has 3 amide bonds. The van der Waals surface area contributed by atoms with Crippen LogP contribution in [0, 0.1) is 5.92 Å². The first-order chi connectivity index (χ1) is 20.2. The van der Waals surface area contributed by atoms with Gasteiger partial charge < -0.3 is 24.2 Å². The van der Waals surface area contributed by atoms with Crippen LogP contribution < -0.4 is 14.2 Å². The summed E-state index contributed by atoms with van der Waals surface area (Å²) in [5.41, 5.74) is 0.414. The largest absolute Gasteiger partial charge is 0.493 e. The molecule has 0 saturated carbocycles. The first-order valence-corrected chi connectivity index (χ1v) is 13.4. The first kappa shape index (κ1) is 33.2. The zero-order valence-corrected chi connectivity index (χ0v) is 25.0. The van der Waals surface area contributed by atoms with Crippen LogP contribution in [0.5, 0.6) is 17.2 Å². The number of carbonyl (C=O) groups is 3. The van der Waals surface area contributed by atoms with Gasteiger partial charge in [0.05, 0.1) is 33.1 Å². The Kier molecular flexibility index (Phi) is 10.3. The van der Waals surface area contributed by atoms with Crippen molar-refractivity contribution in [2.45, 2.75) is 58.5 Å². The van der Waals surface area contributed by atoms with Gasteiger partial charge >= 0.3 is 6.18 Å². The molecule has 1 heterocycles. The number of halogens is 3. The fourth-order valence-electron chi connectivity index (χ4n) is 5.10. The standard InChI is InChI=1S/C30H36F3N3O7/c1-17(2)26-29(40)36(35(19(4)38)22(28(39)30(31,32)33)13-20-11-9-8-10-12-20)23(16-34(26)18(3)37)21-14-24(41-5)27(43-7)25(15-21)42-6/h8-12,14-17,22,26,28,39H,13H2,1-7H3. The summed E-state index contributed by atoms with van der Waals surface area (Å²) >= 11 is 0. The lowest BCUT2D eigenvalue weighted by Crippen LogP contribution is -2.65. The maximum atomic E-state index is 14.3. The summed E-state index contributed by atoms with van der Waals surface area (Å²) in [5, 5.41) is 12.1. The summed E-state index contributed by atoms with van der Waals surface area (Å²) in [6.45, 7) is 5.58. The zero-order valence-electron chi connectivity index (χ0n) is 25.0. The van der Waals surface area contributed by atoms with Crippen molar-refractivity contribution >= 4 is 23.4 Å². The molecule has 1 aliphatic rings. The van der Waals surface area contributed by atoms with Crippen molar-refractivity contribution in [3.05, 3.63) is 59.8 Å². The van der Waals surface area contributed by atoms with E-state index in [1.165, 1.54) is 51.5 Å². The molecule has 43 heavy (non-hydrogen) atoms. The lowest BCUT2D eigenvalue weighted by Gasteiger charge is -2.48. The summed E-state index contributed by atoms with van der Waals surface area (Å²) in [4.78, 5) is 41.6. The fourth-order valence-corrected chi connectivity index (χ4v) is 5.10. The lowest BCUT2D eigenvalue weighted by molar-refractivity contribution is -0.232. The van der Waals surface area contributed by atoms with Gasteiger partial charge in [-0.3, -0.25) is 14.4 Å². The summed E-state index contributed by atoms with van der Waals surface area (Å²) in [6, 6.07) is 7.72. The van der Waals surface area contributed by atoms with Gasteiger partial charge in [-0.1, -0.05) is 44.2 Å². The number of ether oxygens (including phenoxy) is 3. The minimum absolute atomic E-state index is 0.126. The maximum Gasteiger partial charge on any atom is 0.416 e. The van der Waals surface area contributed by atoms with Crippen molar-refractivity contribution in [1.82, 2.24) is 14.9 Å². The van der Waals surface area contributed by atoms with Gasteiger partial charge in [-0.25, -0.2) is 10.0 Å². The Morgan fingerprint density at radius 2 is 1.56 bits per heavy atom. The Bertz CT molecular complexity index is 1340. The highest BCUT2D eigenvalue weighted by Crippen LogP contribution is 2.43. The summed E-state index contributed by atoms with van der Waals surface area (Å²) in [7, 11) is 4.09. The highest BCUT2D eigenvalue weighted by atomic mass is 19.4. The summed E-state index contributed by atoms with van der Waals surface area (Å²) in [5.74, 6) is -2.32. The molecule has 0 saturated heterocycles. The second-order valence-electron chi connectivity index (χ2n) is 10.3. The van der Waals surface area contributed by atoms with Crippen molar-refractivity contribution in [3.63, 3.8) is 0 Å². The van der Waals surface area contributed by atoms with Crippen molar-refractivity contribution < 1.29 is 46.9 Å². The number of amides is 3. The minimum Gasteiger partial charge on any atom is -0.493 e. The van der Waals surface area contributed by atoms with Gasteiger partial charge in [0, 0.05) is 25.6 Å².